The van der Waals surface area contributed by atoms with Crippen LogP contribution in [0, 0.1) is 6.07 Å². The second kappa shape index (κ2) is 4.60. The van der Waals surface area contributed by atoms with E-state index in [4.69, 9.17) is 4.74 Å². The van der Waals surface area contributed by atoms with Crippen molar-refractivity contribution in [3.05, 3.63) is 30.3 Å². The Morgan fingerprint density at radius 2 is 1.92 bits per heavy atom. The van der Waals surface area contributed by atoms with Crippen molar-refractivity contribution in [2.24, 2.45) is 0 Å². The molecule has 1 nitrogen and oxygen atoms in total. The molecule has 0 amide bonds. The van der Waals surface area contributed by atoms with Crippen molar-refractivity contribution in [1.29, 1.82) is 0 Å². The fourth-order valence-electron chi connectivity index (χ4n) is 0.770. The minimum atomic E-state index is -0.127. The molecule has 60 valence electrons. The van der Waals surface area contributed by atoms with E-state index >= 15 is 0 Å². The molecule has 0 N–H and O–H groups in total. The quantitative estimate of drug-likeness (QED) is 0.399. The summed E-state index contributed by atoms with van der Waals surface area (Å²) in [6.07, 6.45) is 0. The summed E-state index contributed by atoms with van der Waals surface area (Å²) in [6, 6.07) is 10.6. The summed E-state index contributed by atoms with van der Waals surface area (Å²) >= 11 is 0. The van der Waals surface area contributed by atoms with Gasteiger partial charge in [0.2, 0.25) is 0 Å². The summed E-state index contributed by atoms with van der Waals surface area (Å²) in [6.45, 7) is 6.06. The molecule has 1 aromatic carbocycles. The van der Waals surface area contributed by atoms with Crippen LogP contribution in [0.2, 0.25) is 0 Å². The predicted molar refractivity (Wildman–Crippen MR) is 45.7 cm³/mol. The first-order valence-electron chi connectivity index (χ1n) is 3.74. The van der Waals surface area contributed by atoms with Gasteiger partial charge in [-0.1, -0.05) is 0 Å². The summed E-state index contributed by atoms with van der Waals surface area (Å²) in [4.78, 5) is 0. The van der Waals surface area contributed by atoms with E-state index < -0.39 is 0 Å². The Morgan fingerprint density at radius 3 is 2.33 bits per heavy atom. The molecular weight excluding hydrogens is 143 g/mol. The third-order valence-electron chi connectivity index (χ3n) is 1.10. The van der Waals surface area contributed by atoms with Gasteiger partial charge in [-0.05, 0) is 20.8 Å². The SMILES string of the molecule is CC(C)(C)Oc1[c-]cccc1.[Li+]. The third-order valence-corrected chi connectivity index (χ3v) is 1.10. The fourth-order valence-corrected chi connectivity index (χ4v) is 0.770. The van der Waals surface area contributed by atoms with Crippen LogP contribution in [0.3, 0.4) is 0 Å². The van der Waals surface area contributed by atoms with Crippen LogP contribution < -0.4 is 23.6 Å². The smallest absolute Gasteiger partial charge is 0.514 e. The van der Waals surface area contributed by atoms with Gasteiger partial charge in [0, 0.05) is 5.75 Å². The van der Waals surface area contributed by atoms with Crippen molar-refractivity contribution in [1.82, 2.24) is 0 Å². The molecule has 0 fully saturated rings. The van der Waals surface area contributed by atoms with E-state index in [1.807, 2.05) is 45.0 Å². The molecule has 0 radical (unpaired) electrons. The topological polar surface area (TPSA) is 9.23 Å². The van der Waals surface area contributed by atoms with Crippen LogP contribution in [0.25, 0.3) is 0 Å². The molecule has 0 aliphatic heterocycles. The fraction of sp³-hybridized carbons (Fsp3) is 0.400. The van der Waals surface area contributed by atoms with Gasteiger partial charge in [-0.15, -0.1) is 12.1 Å². The number of benzene rings is 1. The Labute approximate surface area is 86.3 Å². The first-order valence-corrected chi connectivity index (χ1v) is 3.74. The average Bonchev–Trinajstić information content (AvgIpc) is 1.85. The Kier molecular flexibility index (Phi) is 4.45. The van der Waals surface area contributed by atoms with E-state index in [1.165, 1.54) is 0 Å². The average molecular weight is 156 g/mol. The molecule has 0 aliphatic carbocycles. The van der Waals surface area contributed by atoms with Crippen molar-refractivity contribution in [3.8, 4) is 5.75 Å². The van der Waals surface area contributed by atoms with Gasteiger partial charge in [-0.2, -0.15) is 18.2 Å². The zero-order valence-electron chi connectivity index (χ0n) is 8.22. The van der Waals surface area contributed by atoms with Crippen molar-refractivity contribution < 1.29 is 23.6 Å². The molecule has 0 aliphatic rings. The van der Waals surface area contributed by atoms with Crippen molar-refractivity contribution >= 4 is 0 Å². The van der Waals surface area contributed by atoms with Gasteiger partial charge in [0.1, 0.15) is 0 Å². The molecule has 2 heteroatoms. The van der Waals surface area contributed by atoms with Gasteiger partial charge in [0.25, 0.3) is 0 Å². The van der Waals surface area contributed by atoms with E-state index in [0.29, 0.717) is 0 Å². The van der Waals surface area contributed by atoms with Crippen LogP contribution in [-0.4, -0.2) is 5.60 Å². The number of rotatable bonds is 1. The van der Waals surface area contributed by atoms with E-state index in [2.05, 4.69) is 6.07 Å². The molecule has 0 saturated heterocycles. The van der Waals surface area contributed by atoms with Crippen LogP contribution in [0.5, 0.6) is 5.75 Å². The first kappa shape index (κ1) is 11.6. The molecule has 1 rings (SSSR count). The second-order valence-electron chi connectivity index (χ2n) is 3.44. The van der Waals surface area contributed by atoms with Crippen LogP contribution in [0.1, 0.15) is 20.8 Å². The molecule has 0 atom stereocenters. The maximum absolute atomic E-state index is 5.55. The minimum absolute atomic E-state index is 0. The Balaban J connectivity index is 0.00000121. The van der Waals surface area contributed by atoms with Gasteiger partial charge >= 0.3 is 18.9 Å². The summed E-state index contributed by atoms with van der Waals surface area (Å²) in [5.74, 6) is 0.806. The number of ether oxygens (including phenoxy) is 1. The summed E-state index contributed by atoms with van der Waals surface area (Å²) in [7, 11) is 0. The second-order valence-corrected chi connectivity index (χ2v) is 3.44. The standard InChI is InChI=1S/C10H13O.Li/c1-10(2,3)11-9-7-5-4-6-8-9;/h4-7H,1-3H3;/q-1;+1. The van der Waals surface area contributed by atoms with Gasteiger partial charge in [-0.3, -0.25) is 0 Å². The van der Waals surface area contributed by atoms with Crippen LogP contribution in [-0.2, 0) is 0 Å². The van der Waals surface area contributed by atoms with E-state index in [0.717, 1.165) is 5.75 Å². The number of hydrogen-bond donors (Lipinski definition) is 0. The largest absolute Gasteiger partial charge is 1.00 e. The summed E-state index contributed by atoms with van der Waals surface area (Å²) in [5, 5.41) is 0. The molecule has 0 saturated carbocycles. The van der Waals surface area contributed by atoms with Gasteiger partial charge in [0.05, 0.1) is 5.60 Å². The third kappa shape index (κ3) is 4.49. The number of para-hydroxylation sites is 1. The molecular formula is C10H13LiO. The summed E-state index contributed by atoms with van der Waals surface area (Å²) in [5.41, 5.74) is -0.127. The van der Waals surface area contributed by atoms with Crippen molar-refractivity contribution in [2.45, 2.75) is 26.4 Å². The Morgan fingerprint density at radius 1 is 1.25 bits per heavy atom. The van der Waals surface area contributed by atoms with Crippen LogP contribution in [0.15, 0.2) is 24.3 Å². The zero-order chi connectivity index (χ0) is 8.32. The zero-order valence-corrected chi connectivity index (χ0v) is 8.22. The monoisotopic (exact) mass is 156 g/mol. The van der Waals surface area contributed by atoms with Gasteiger partial charge < -0.3 is 4.74 Å². The van der Waals surface area contributed by atoms with Crippen molar-refractivity contribution in [2.75, 3.05) is 0 Å². The molecule has 0 heterocycles. The maximum atomic E-state index is 5.55. The molecule has 12 heavy (non-hydrogen) atoms. The minimum Gasteiger partial charge on any atom is -0.514 e. The molecule has 0 spiro atoms. The predicted octanol–water partition coefficient (Wildman–Crippen LogP) is -0.332. The number of hydrogen-bond acceptors (Lipinski definition) is 1. The van der Waals surface area contributed by atoms with Crippen LogP contribution in [0.4, 0.5) is 0 Å². The molecule has 0 aromatic heterocycles. The molecule has 0 unspecified atom stereocenters. The van der Waals surface area contributed by atoms with Gasteiger partial charge in [0.15, 0.2) is 0 Å². The Hall–Kier alpha value is -0.383. The molecule has 0 bridgehead atoms. The molecule has 1 aromatic rings. The summed E-state index contributed by atoms with van der Waals surface area (Å²) < 4.78 is 5.55. The maximum Gasteiger partial charge on any atom is 1.00 e. The van der Waals surface area contributed by atoms with Gasteiger partial charge in [-0.25, -0.2) is 0 Å². The van der Waals surface area contributed by atoms with E-state index in [9.17, 15) is 0 Å². The van der Waals surface area contributed by atoms with Crippen LogP contribution >= 0.6 is 0 Å². The Bertz CT molecular complexity index is 213. The van der Waals surface area contributed by atoms with E-state index in [1.54, 1.807) is 0 Å². The van der Waals surface area contributed by atoms with Crippen molar-refractivity contribution in [3.63, 3.8) is 0 Å². The van der Waals surface area contributed by atoms with E-state index in [-0.39, 0.29) is 24.5 Å². The first-order chi connectivity index (χ1) is 5.08. The normalized spacial score (nSPS) is 10.2.